The summed E-state index contributed by atoms with van der Waals surface area (Å²) in [7, 11) is 0. The van der Waals surface area contributed by atoms with Crippen LogP contribution in [0.5, 0.6) is 0 Å². The van der Waals surface area contributed by atoms with Gasteiger partial charge in [-0.25, -0.2) is 0 Å². The maximum absolute atomic E-state index is 6.03. The Morgan fingerprint density at radius 3 is 2.77 bits per heavy atom. The lowest BCUT2D eigenvalue weighted by molar-refractivity contribution is 1.16. The van der Waals surface area contributed by atoms with E-state index in [2.05, 4.69) is 6.92 Å². The van der Waals surface area contributed by atoms with Gasteiger partial charge in [0.05, 0.1) is 5.02 Å². The Hall–Kier alpha value is -0.240. The van der Waals surface area contributed by atoms with Gasteiger partial charge >= 0.3 is 0 Å². The van der Waals surface area contributed by atoms with Gasteiger partial charge in [0.1, 0.15) is 0 Å². The zero-order chi connectivity index (χ0) is 9.42. The lowest BCUT2D eigenvalue weighted by Gasteiger charge is -2.00. The highest BCUT2D eigenvalue weighted by Gasteiger charge is 2.06. The first-order valence-corrected chi connectivity index (χ1v) is 5.71. The van der Waals surface area contributed by atoms with Gasteiger partial charge in [-0.1, -0.05) is 30.1 Å². The molecule has 0 saturated heterocycles. The van der Waals surface area contributed by atoms with Gasteiger partial charge in [0, 0.05) is 20.5 Å². The van der Waals surface area contributed by atoms with Crippen molar-refractivity contribution in [2.45, 2.75) is 13.3 Å². The van der Waals surface area contributed by atoms with Gasteiger partial charge < -0.3 is 0 Å². The Morgan fingerprint density at radius 2 is 2.08 bits per heavy atom. The lowest BCUT2D eigenvalue weighted by atomic mass is 10.1. The molecule has 2 rings (SSSR count). The van der Waals surface area contributed by atoms with E-state index in [9.17, 15) is 0 Å². The molecule has 0 saturated carbocycles. The van der Waals surface area contributed by atoms with Crippen LogP contribution < -0.4 is 0 Å². The number of benzene rings is 1. The van der Waals surface area contributed by atoms with Crippen LogP contribution >= 0.6 is 34.5 Å². The van der Waals surface area contributed by atoms with Gasteiger partial charge in [0.25, 0.3) is 0 Å². The molecule has 2 aromatic rings. The fraction of sp³-hybridized carbons (Fsp3) is 0.200. The molecule has 0 bridgehead atoms. The quantitative estimate of drug-likeness (QED) is 0.663. The van der Waals surface area contributed by atoms with E-state index in [0.717, 1.165) is 21.9 Å². The van der Waals surface area contributed by atoms with Gasteiger partial charge in [0.15, 0.2) is 0 Å². The molecular formula is C10H8Cl2S. The van der Waals surface area contributed by atoms with Crippen molar-refractivity contribution in [3.05, 3.63) is 33.1 Å². The molecule has 0 aliphatic rings. The molecule has 1 aromatic heterocycles. The molecule has 0 atom stereocenters. The van der Waals surface area contributed by atoms with Crippen LogP contribution in [-0.4, -0.2) is 0 Å². The minimum Gasteiger partial charge on any atom is -0.142 e. The van der Waals surface area contributed by atoms with Crippen LogP contribution in [0.25, 0.3) is 10.1 Å². The first-order chi connectivity index (χ1) is 6.22. The Balaban J connectivity index is 2.84. The van der Waals surface area contributed by atoms with Crippen molar-refractivity contribution in [2.24, 2.45) is 0 Å². The Labute approximate surface area is 91.1 Å². The molecule has 0 unspecified atom stereocenters. The van der Waals surface area contributed by atoms with Crippen LogP contribution in [0, 0.1) is 0 Å². The van der Waals surface area contributed by atoms with E-state index in [1.807, 2.05) is 17.5 Å². The molecule has 0 radical (unpaired) electrons. The number of hydrogen-bond donors (Lipinski definition) is 0. The zero-order valence-electron chi connectivity index (χ0n) is 7.10. The fourth-order valence-electron chi connectivity index (χ4n) is 1.40. The molecule has 0 fully saturated rings. The molecule has 0 aliphatic carbocycles. The molecule has 3 heteroatoms. The van der Waals surface area contributed by atoms with Crippen molar-refractivity contribution in [2.75, 3.05) is 0 Å². The summed E-state index contributed by atoms with van der Waals surface area (Å²) in [5.74, 6) is 0. The maximum Gasteiger partial charge on any atom is 0.0592 e. The summed E-state index contributed by atoms with van der Waals surface area (Å²) >= 11 is 13.7. The van der Waals surface area contributed by atoms with Crippen LogP contribution in [0.15, 0.2) is 17.5 Å². The van der Waals surface area contributed by atoms with Gasteiger partial charge in [0.2, 0.25) is 0 Å². The number of halogens is 2. The van der Waals surface area contributed by atoms with Crippen molar-refractivity contribution in [3.8, 4) is 0 Å². The summed E-state index contributed by atoms with van der Waals surface area (Å²) in [4.78, 5) is 0. The number of hydrogen-bond acceptors (Lipinski definition) is 1. The summed E-state index contributed by atoms with van der Waals surface area (Å²) < 4.78 is 1.26. The molecule has 1 heterocycles. The average Bonchev–Trinajstić information content (AvgIpc) is 2.47. The second-order valence-electron chi connectivity index (χ2n) is 2.88. The highest BCUT2D eigenvalue weighted by atomic mass is 35.5. The highest BCUT2D eigenvalue weighted by molar-refractivity contribution is 7.18. The third kappa shape index (κ3) is 1.56. The Bertz CT molecular complexity index is 445. The Morgan fingerprint density at radius 1 is 1.31 bits per heavy atom. The molecule has 68 valence electrons. The summed E-state index contributed by atoms with van der Waals surface area (Å²) in [6, 6.07) is 3.94. The molecular weight excluding hydrogens is 223 g/mol. The van der Waals surface area contributed by atoms with Crippen molar-refractivity contribution in [1.82, 2.24) is 0 Å². The van der Waals surface area contributed by atoms with Crippen molar-refractivity contribution >= 4 is 44.6 Å². The minimum atomic E-state index is 0.768. The van der Waals surface area contributed by atoms with E-state index in [-0.39, 0.29) is 0 Å². The van der Waals surface area contributed by atoms with E-state index in [1.54, 1.807) is 11.3 Å². The third-order valence-electron chi connectivity index (χ3n) is 2.05. The van der Waals surface area contributed by atoms with E-state index in [0.29, 0.717) is 0 Å². The van der Waals surface area contributed by atoms with Crippen LogP contribution in [-0.2, 0) is 6.42 Å². The minimum absolute atomic E-state index is 0.768. The summed E-state index contributed by atoms with van der Waals surface area (Å²) in [5.41, 5.74) is 1.28. The van der Waals surface area contributed by atoms with Crippen molar-refractivity contribution in [1.29, 1.82) is 0 Å². The third-order valence-corrected chi connectivity index (χ3v) is 3.78. The van der Waals surface area contributed by atoms with Gasteiger partial charge in [-0.3, -0.25) is 0 Å². The summed E-state index contributed by atoms with van der Waals surface area (Å²) in [5, 5.41) is 4.61. The SMILES string of the molecule is CCc1cc(Cl)cc2c(Cl)csc12. The zero-order valence-corrected chi connectivity index (χ0v) is 9.43. The van der Waals surface area contributed by atoms with E-state index in [4.69, 9.17) is 23.2 Å². The molecule has 0 aliphatic heterocycles. The Kier molecular flexibility index (Phi) is 2.50. The smallest absolute Gasteiger partial charge is 0.0592 e. The molecule has 0 N–H and O–H groups in total. The predicted octanol–water partition coefficient (Wildman–Crippen LogP) is 4.77. The number of thiophene rings is 1. The van der Waals surface area contributed by atoms with E-state index >= 15 is 0 Å². The monoisotopic (exact) mass is 230 g/mol. The molecule has 1 aromatic carbocycles. The van der Waals surface area contributed by atoms with Crippen LogP contribution in [0.3, 0.4) is 0 Å². The summed E-state index contributed by atoms with van der Waals surface area (Å²) in [6.07, 6.45) is 0.994. The van der Waals surface area contributed by atoms with E-state index < -0.39 is 0 Å². The van der Waals surface area contributed by atoms with Gasteiger partial charge in [-0.2, -0.15) is 0 Å². The second-order valence-corrected chi connectivity index (χ2v) is 4.60. The maximum atomic E-state index is 6.03. The normalized spacial score (nSPS) is 11.0. The summed E-state index contributed by atoms with van der Waals surface area (Å²) in [6.45, 7) is 2.12. The van der Waals surface area contributed by atoms with Gasteiger partial charge in [-0.05, 0) is 24.1 Å². The van der Waals surface area contributed by atoms with Crippen LogP contribution in [0.4, 0.5) is 0 Å². The highest BCUT2D eigenvalue weighted by Crippen LogP contribution is 2.34. The van der Waals surface area contributed by atoms with Gasteiger partial charge in [-0.15, -0.1) is 11.3 Å². The first-order valence-electron chi connectivity index (χ1n) is 4.07. The largest absolute Gasteiger partial charge is 0.142 e. The number of fused-ring (bicyclic) bond motifs is 1. The topological polar surface area (TPSA) is 0 Å². The van der Waals surface area contributed by atoms with Crippen LogP contribution in [0.2, 0.25) is 10.0 Å². The second kappa shape index (κ2) is 3.49. The number of aryl methyl sites for hydroxylation is 1. The fourth-order valence-corrected chi connectivity index (χ4v) is 2.98. The predicted molar refractivity (Wildman–Crippen MR) is 61.2 cm³/mol. The average molecular weight is 231 g/mol. The molecule has 0 spiro atoms. The lowest BCUT2D eigenvalue weighted by Crippen LogP contribution is -1.79. The van der Waals surface area contributed by atoms with Crippen molar-refractivity contribution in [3.63, 3.8) is 0 Å². The van der Waals surface area contributed by atoms with E-state index in [1.165, 1.54) is 10.3 Å². The van der Waals surface area contributed by atoms with Crippen molar-refractivity contribution < 1.29 is 0 Å². The molecule has 13 heavy (non-hydrogen) atoms. The standard InChI is InChI=1S/C10H8Cl2S/c1-2-6-3-7(11)4-8-9(12)5-13-10(6)8/h3-5H,2H2,1H3. The molecule has 0 amide bonds. The molecule has 0 nitrogen and oxygen atoms in total. The first kappa shape index (κ1) is 9.32. The number of rotatable bonds is 1. The van der Waals surface area contributed by atoms with Crippen LogP contribution in [0.1, 0.15) is 12.5 Å².